The first-order chi connectivity index (χ1) is 12.4. The highest BCUT2D eigenvalue weighted by atomic mass is 32.2. The minimum atomic E-state index is -0.0520. The quantitative estimate of drug-likeness (QED) is 0.466. The molecule has 0 fully saturated rings. The number of carbonyl (C=O) groups is 1. The zero-order valence-corrected chi connectivity index (χ0v) is 17.1. The van der Waals surface area contributed by atoms with E-state index in [1.807, 2.05) is 13.8 Å². The monoisotopic (exact) mass is 391 g/mol. The van der Waals surface area contributed by atoms with E-state index in [9.17, 15) is 9.59 Å². The summed E-state index contributed by atoms with van der Waals surface area (Å²) in [4.78, 5) is 32.0. The van der Waals surface area contributed by atoms with Crippen molar-refractivity contribution in [2.75, 3.05) is 5.75 Å². The number of allylic oxidation sites excluding steroid dienone is 1. The van der Waals surface area contributed by atoms with Crippen molar-refractivity contribution in [1.29, 1.82) is 0 Å². The molecule has 0 spiro atoms. The Morgan fingerprint density at radius 3 is 3.00 bits per heavy atom. The van der Waals surface area contributed by atoms with Gasteiger partial charge in [0.05, 0.1) is 11.1 Å². The highest BCUT2D eigenvalue weighted by Crippen LogP contribution is 2.36. The van der Waals surface area contributed by atoms with E-state index in [0.29, 0.717) is 17.6 Å². The molecule has 0 aromatic carbocycles. The predicted octanol–water partition coefficient (Wildman–Crippen LogP) is 3.39. The topological polar surface area (TPSA) is 64.0 Å². The molecule has 1 aliphatic carbocycles. The molecule has 3 rings (SSSR count). The fourth-order valence-corrected chi connectivity index (χ4v) is 5.54. The fourth-order valence-electron chi connectivity index (χ4n) is 3.30. The number of rotatable bonds is 6. The Morgan fingerprint density at radius 1 is 1.54 bits per heavy atom. The number of aromatic nitrogens is 2. The van der Waals surface area contributed by atoms with Gasteiger partial charge in [0.1, 0.15) is 4.83 Å². The SMILES string of the molecule is C=CCn1c(SCC(=O)NC(C)C)nc2sc3c(c2c1=O)CCC(C)C3. The third kappa shape index (κ3) is 3.88. The van der Waals surface area contributed by atoms with Crippen LogP contribution in [-0.4, -0.2) is 27.3 Å². The van der Waals surface area contributed by atoms with Gasteiger partial charge in [0, 0.05) is 17.5 Å². The van der Waals surface area contributed by atoms with Crippen molar-refractivity contribution in [3.05, 3.63) is 33.4 Å². The van der Waals surface area contributed by atoms with Crippen LogP contribution >= 0.6 is 23.1 Å². The van der Waals surface area contributed by atoms with Gasteiger partial charge in [-0.2, -0.15) is 0 Å². The maximum atomic E-state index is 13.1. The van der Waals surface area contributed by atoms with Crippen LogP contribution in [0.15, 0.2) is 22.6 Å². The van der Waals surface area contributed by atoms with Gasteiger partial charge in [0.25, 0.3) is 5.56 Å². The number of hydrogen-bond donors (Lipinski definition) is 1. The number of thioether (sulfide) groups is 1. The molecule has 26 heavy (non-hydrogen) atoms. The third-order valence-electron chi connectivity index (χ3n) is 4.47. The molecule has 2 heterocycles. The number of fused-ring (bicyclic) bond motifs is 3. The van der Waals surface area contributed by atoms with Crippen molar-refractivity contribution in [3.8, 4) is 0 Å². The number of nitrogens with one attached hydrogen (secondary N) is 1. The molecule has 0 bridgehead atoms. The Hall–Kier alpha value is -1.60. The van der Waals surface area contributed by atoms with Gasteiger partial charge >= 0.3 is 0 Å². The van der Waals surface area contributed by atoms with Crippen molar-refractivity contribution in [2.24, 2.45) is 5.92 Å². The van der Waals surface area contributed by atoms with Gasteiger partial charge in [0.15, 0.2) is 5.16 Å². The molecule has 1 aliphatic rings. The van der Waals surface area contributed by atoms with Crippen LogP contribution in [0.2, 0.25) is 0 Å². The molecule has 0 radical (unpaired) electrons. The average molecular weight is 392 g/mol. The first kappa shape index (κ1) is 19.2. The Kier molecular flexibility index (Phi) is 5.87. The molecule has 2 aromatic rings. The van der Waals surface area contributed by atoms with E-state index in [0.717, 1.165) is 29.5 Å². The van der Waals surface area contributed by atoms with Crippen molar-refractivity contribution < 1.29 is 4.79 Å². The second-order valence-electron chi connectivity index (χ2n) is 7.14. The molecular weight excluding hydrogens is 366 g/mol. The van der Waals surface area contributed by atoms with Crippen LogP contribution in [0.1, 0.15) is 37.6 Å². The van der Waals surface area contributed by atoms with Gasteiger partial charge in [-0.3, -0.25) is 14.2 Å². The Morgan fingerprint density at radius 2 is 2.31 bits per heavy atom. The predicted molar refractivity (Wildman–Crippen MR) is 109 cm³/mol. The van der Waals surface area contributed by atoms with Crippen LogP contribution in [0.4, 0.5) is 0 Å². The summed E-state index contributed by atoms with van der Waals surface area (Å²) in [5, 5.41) is 4.23. The van der Waals surface area contributed by atoms with Crippen LogP contribution in [0, 0.1) is 5.92 Å². The summed E-state index contributed by atoms with van der Waals surface area (Å²) in [5.74, 6) is 0.846. The van der Waals surface area contributed by atoms with Gasteiger partial charge in [0.2, 0.25) is 5.91 Å². The van der Waals surface area contributed by atoms with Gasteiger partial charge in [-0.1, -0.05) is 24.8 Å². The van der Waals surface area contributed by atoms with Crippen LogP contribution < -0.4 is 10.9 Å². The molecule has 1 unspecified atom stereocenters. The summed E-state index contributed by atoms with van der Waals surface area (Å²) >= 11 is 2.95. The number of hydrogen-bond acceptors (Lipinski definition) is 5. The summed E-state index contributed by atoms with van der Waals surface area (Å²) in [6, 6.07) is 0.0971. The molecule has 1 amide bonds. The minimum absolute atomic E-state index is 0.00581. The van der Waals surface area contributed by atoms with Gasteiger partial charge in [-0.15, -0.1) is 17.9 Å². The van der Waals surface area contributed by atoms with E-state index in [1.165, 1.54) is 22.2 Å². The number of amides is 1. The van der Waals surface area contributed by atoms with Crippen molar-refractivity contribution in [2.45, 2.75) is 57.8 Å². The van der Waals surface area contributed by atoms with E-state index in [2.05, 4.69) is 18.8 Å². The maximum absolute atomic E-state index is 13.1. The van der Waals surface area contributed by atoms with Crippen LogP contribution in [-0.2, 0) is 24.2 Å². The summed E-state index contributed by atoms with van der Waals surface area (Å²) in [7, 11) is 0. The third-order valence-corrected chi connectivity index (χ3v) is 6.60. The summed E-state index contributed by atoms with van der Waals surface area (Å²) in [6.07, 6.45) is 4.79. The molecule has 1 N–H and O–H groups in total. The molecule has 1 atom stereocenters. The van der Waals surface area contributed by atoms with Gasteiger partial charge < -0.3 is 5.32 Å². The van der Waals surface area contributed by atoms with E-state index in [-0.39, 0.29) is 23.3 Å². The molecule has 5 nitrogen and oxygen atoms in total. The highest BCUT2D eigenvalue weighted by molar-refractivity contribution is 7.99. The smallest absolute Gasteiger partial charge is 0.263 e. The van der Waals surface area contributed by atoms with Crippen molar-refractivity contribution >= 4 is 39.2 Å². The second-order valence-corrected chi connectivity index (χ2v) is 9.17. The average Bonchev–Trinajstić information content (AvgIpc) is 2.92. The highest BCUT2D eigenvalue weighted by Gasteiger charge is 2.24. The number of carbonyl (C=O) groups excluding carboxylic acids is 1. The van der Waals surface area contributed by atoms with Gasteiger partial charge in [-0.05, 0) is 44.6 Å². The van der Waals surface area contributed by atoms with Gasteiger partial charge in [-0.25, -0.2) is 4.98 Å². The molecule has 2 aromatic heterocycles. The Balaban J connectivity index is 2.00. The lowest BCUT2D eigenvalue weighted by Gasteiger charge is -2.17. The zero-order valence-electron chi connectivity index (χ0n) is 15.5. The number of thiophene rings is 1. The largest absolute Gasteiger partial charge is 0.353 e. The van der Waals surface area contributed by atoms with Crippen molar-refractivity contribution in [3.63, 3.8) is 0 Å². The fraction of sp³-hybridized carbons (Fsp3) is 0.526. The number of nitrogens with zero attached hydrogens (tertiary/aromatic N) is 2. The van der Waals surface area contributed by atoms with Crippen LogP contribution in [0.25, 0.3) is 10.2 Å². The normalized spacial score (nSPS) is 16.7. The first-order valence-electron chi connectivity index (χ1n) is 8.98. The standard InChI is InChI=1S/C19H25N3O2S2/c1-5-8-22-18(24)16-13-7-6-12(4)9-14(13)26-17(16)21-19(22)25-10-15(23)20-11(2)3/h5,11-12H,1,6-10H2,2-4H3,(H,20,23). The van der Waals surface area contributed by atoms with E-state index in [4.69, 9.17) is 4.98 Å². The summed E-state index contributed by atoms with van der Waals surface area (Å²) < 4.78 is 1.65. The number of aryl methyl sites for hydroxylation is 1. The lowest BCUT2D eigenvalue weighted by molar-refractivity contribution is -0.119. The Labute approximate surface area is 161 Å². The molecule has 0 aliphatic heterocycles. The second kappa shape index (κ2) is 7.96. The summed E-state index contributed by atoms with van der Waals surface area (Å²) in [6.45, 7) is 10.3. The molecule has 0 saturated carbocycles. The molecule has 0 saturated heterocycles. The van der Waals surface area contributed by atoms with E-state index < -0.39 is 0 Å². The summed E-state index contributed by atoms with van der Waals surface area (Å²) in [5.41, 5.74) is 1.18. The van der Waals surface area contributed by atoms with Crippen LogP contribution in [0.3, 0.4) is 0 Å². The molecule has 140 valence electrons. The maximum Gasteiger partial charge on any atom is 0.263 e. The molecule has 7 heteroatoms. The Bertz CT molecular complexity index is 898. The van der Waals surface area contributed by atoms with Crippen LogP contribution in [0.5, 0.6) is 0 Å². The van der Waals surface area contributed by atoms with E-state index >= 15 is 0 Å². The van der Waals surface area contributed by atoms with Crippen molar-refractivity contribution in [1.82, 2.24) is 14.9 Å². The van der Waals surface area contributed by atoms with E-state index in [1.54, 1.807) is 22.0 Å². The first-order valence-corrected chi connectivity index (χ1v) is 10.8. The lowest BCUT2D eigenvalue weighted by atomic mass is 9.89. The minimum Gasteiger partial charge on any atom is -0.353 e. The molecular formula is C19H25N3O2S2. The lowest BCUT2D eigenvalue weighted by Crippen LogP contribution is -2.32. The zero-order chi connectivity index (χ0) is 18.8.